The quantitative estimate of drug-likeness (QED) is 0.847. The molecule has 0 spiro atoms. The Kier molecular flexibility index (Phi) is 4.28. The van der Waals surface area contributed by atoms with Crippen molar-refractivity contribution in [3.8, 4) is 0 Å². The summed E-state index contributed by atoms with van der Waals surface area (Å²) in [5, 5.41) is 3.38. The zero-order valence-electron chi connectivity index (χ0n) is 10.9. The minimum Gasteiger partial charge on any atom is -0.366 e. The maximum Gasteiger partial charge on any atom is 0.129 e. The normalized spacial score (nSPS) is 12.3. The zero-order chi connectivity index (χ0) is 12.8. The van der Waals surface area contributed by atoms with Crippen molar-refractivity contribution in [1.82, 2.24) is 19.5 Å². The minimum absolute atomic E-state index is 0.295. The molecule has 0 amide bonds. The van der Waals surface area contributed by atoms with Gasteiger partial charge in [-0.15, -0.1) is 0 Å². The highest BCUT2D eigenvalue weighted by Crippen LogP contribution is 2.08. The largest absolute Gasteiger partial charge is 0.366 e. The minimum atomic E-state index is 0.295. The van der Waals surface area contributed by atoms with Crippen molar-refractivity contribution in [2.75, 3.05) is 5.32 Å². The molecule has 0 fully saturated rings. The Bertz CT molecular complexity index is 466. The van der Waals surface area contributed by atoms with Crippen LogP contribution in [0.4, 0.5) is 5.82 Å². The monoisotopic (exact) mass is 245 g/mol. The maximum absolute atomic E-state index is 4.25. The number of imidazole rings is 1. The van der Waals surface area contributed by atoms with Crippen LogP contribution in [-0.4, -0.2) is 25.6 Å². The smallest absolute Gasteiger partial charge is 0.129 e. The van der Waals surface area contributed by atoms with Gasteiger partial charge in [-0.05, 0) is 13.3 Å². The molecule has 2 aromatic heterocycles. The van der Waals surface area contributed by atoms with Gasteiger partial charge in [0.1, 0.15) is 12.1 Å². The standard InChI is InChI=1S/C13H19N5/c1-3-4-12-7-13(16-9-15-12)17-11(2)8-18-6-5-14-10-18/h5-7,9-11H,3-4,8H2,1-2H3,(H,15,16,17). The molecule has 0 saturated carbocycles. The number of aryl methyl sites for hydroxylation is 1. The van der Waals surface area contributed by atoms with E-state index in [1.807, 2.05) is 23.2 Å². The summed E-state index contributed by atoms with van der Waals surface area (Å²) in [4.78, 5) is 12.5. The van der Waals surface area contributed by atoms with E-state index in [9.17, 15) is 0 Å². The van der Waals surface area contributed by atoms with Crippen molar-refractivity contribution in [3.05, 3.63) is 36.8 Å². The average Bonchev–Trinajstić information content (AvgIpc) is 2.82. The van der Waals surface area contributed by atoms with Crippen molar-refractivity contribution in [1.29, 1.82) is 0 Å². The third kappa shape index (κ3) is 3.55. The van der Waals surface area contributed by atoms with Gasteiger partial charge in [0.05, 0.1) is 6.33 Å². The van der Waals surface area contributed by atoms with Crippen molar-refractivity contribution in [3.63, 3.8) is 0 Å². The summed E-state index contributed by atoms with van der Waals surface area (Å²) < 4.78 is 2.05. The second kappa shape index (κ2) is 6.14. The van der Waals surface area contributed by atoms with Gasteiger partial charge in [0.25, 0.3) is 0 Å². The fourth-order valence-electron chi connectivity index (χ4n) is 1.88. The SMILES string of the molecule is CCCc1cc(NC(C)Cn2ccnc2)ncn1. The lowest BCUT2D eigenvalue weighted by Gasteiger charge is -2.15. The molecular weight excluding hydrogens is 226 g/mol. The molecule has 2 rings (SSSR count). The van der Waals surface area contributed by atoms with Gasteiger partial charge < -0.3 is 9.88 Å². The number of aromatic nitrogens is 4. The average molecular weight is 245 g/mol. The molecule has 5 nitrogen and oxygen atoms in total. The second-order valence-electron chi connectivity index (χ2n) is 4.45. The summed E-state index contributed by atoms with van der Waals surface area (Å²) in [6.07, 6.45) is 9.28. The van der Waals surface area contributed by atoms with E-state index < -0.39 is 0 Å². The van der Waals surface area contributed by atoms with Crippen LogP contribution in [-0.2, 0) is 13.0 Å². The third-order valence-electron chi connectivity index (χ3n) is 2.67. The maximum atomic E-state index is 4.25. The number of anilines is 1. The number of rotatable bonds is 6. The molecule has 2 aromatic rings. The Morgan fingerprint density at radius 2 is 2.28 bits per heavy atom. The lowest BCUT2D eigenvalue weighted by atomic mass is 10.2. The van der Waals surface area contributed by atoms with Crippen molar-refractivity contribution in [2.45, 2.75) is 39.3 Å². The molecule has 0 aliphatic carbocycles. The third-order valence-corrected chi connectivity index (χ3v) is 2.67. The fraction of sp³-hybridized carbons (Fsp3) is 0.462. The molecule has 2 heterocycles. The van der Waals surface area contributed by atoms with Crippen molar-refractivity contribution >= 4 is 5.82 Å². The highest BCUT2D eigenvalue weighted by molar-refractivity contribution is 5.35. The van der Waals surface area contributed by atoms with E-state index in [2.05, 4.69) is 34.1 Å². The van der Waals surface area contributed by atoms with Crippen LogP contribution in [0, 0.1) is 0 Å². The zero-order valence-corrected chi connectivity index (χ0v) is 10.9. The Morgan fingerprint density at radius 1 is 1.39 bits per heavy atom. The second-order valence-corrected chi connectivity index (χ2v) is 4.45. The van der Waals surface area contributed by atoms with Gasteiger partial charge in [-0.3, -0.25) is 0 Å². The summed E-state index contributed by atoms with van der Waals surface area (Å²) in [5.74, 6) is 0.890. The van der Waals surface area contributed by atoms with Crippen LogP contribution in [0.5, 0.6) is 0 Å². The predicted molar refractivity (Wildman–Crippen MR) is 71.3 cm³/mol. The van der Waals surface area contributed by atoms with Crippen LogP contribution < -0.4 is 5.32 Å². The molecule has 0 aliphatic rings. The number of nitrogens with zero attached hydrogens (tertiary/aromatic N) is 4. The Labute approximate surface area is 107 Å². The van der Waals surface area contributed by atoms with Gasteiger partial charge in [0.15, 0.2) is 0 Å². The lowest BCUT2D eigenvalue weighted by Crippen LogP contribution is -2.22. The van der Waals surface area contributed by atoms with Gasteiger partial charge in [0.2, 0.25) is 0 Å². The van der Waals surface area contributed by atoms with Crippen LogP contribution in [0.3, 0.4) is 0 Å². The van der Waals surface area contributed by atoms with E-state index in [0.29, 0.717) is 6.04 Å². The van der Waals surface area contributed by atoms with Crippen LogP contribution in [0.25, 0.3) is 0 Å². The van der Waals surface area contributed by atoms with Gasteiger partial charge in [-0.2, -0.15) is 0 Å². The number of hydrogen-bond acceptors (Lipinski definition) is 4. The molecule has 1 N–H and O–H groups in total. The number of nitrogens with one attached hydrogen (secondary N) is 1. The predicted octanol–water partition coefficient (Wildman–Crippen LogP) is 2.13. The first kappa shape index (κ1) is 12.5. The Morgan fingerprint density at radius 3 is 3.00 bits per heavy atom. The van der Waals surface area contributed by atoms with Crippen molar-refractivity contribution in [2.24, 2.45) is 0 Å². The van der Waals surface area contributed by atoms with Crippen LogP contribution >= 0.6 is 0 Å². The van der Waals surface area contributed by atoms with Gasteiger partial charge >= 0.3 is 0 Å². The Hall–Kier alpha value is -1.91. The molecule has 0 aliphatic heterocycles. The summed E-state index contributed by atoms with van der Waals surface area (Å²) in [5.41, 5.74) is 1.09. The fourth-order valence-corrected chi connectivity index (χ4v) is 1.88. The van der Waals surface area contributed by atoms with Gasteiger partial charge in [-0.25, -0.2) is 15.0 Å². The van der Waals surface area contributed by atoms with E-state index in [-0.39, 0.29) is 0 Å². The van der Waals surface area contributed by atoms with E-state index >= 15 is 0 Å². The summed E-state index contributed by atoms with van der Waals surface area (Å²) >= 11 is 0. The first-order valence-corrected chi connectivity index (χ1v) is 6.31. The summed E-state index contributed by atoms with van der Waals surface area (Å²) in [6, 6.07) is 2.32. The van der Waals surface area contributed by atoms with E-state index in [4.69, 9.17) is 0 Å². The van der Waals surface area contributed by atoms with Gasteiger partial charge in [0, 0.05) is 36.7 Å². The van der Waals surface area contributed by atoms with Gasteiger partial charge in [-0.1, -0.05) is 13.3 Å². The Balaban J connectivity index is 1.93. The van der Waals surface area contributed by atoms with E-state index in [1.54, 1.807) is 12.5 Å². The number of hydrogen-bond donors (Lipinski definition) is 1. The molecule has 1 atom stereocenters. The first-order valence-electron chi connectivity index (χ1n) is 6.31. The van der Waals surface area contributed by atoms with E-state index in [0.717, 1.165) is 30.9 Å². The lowest BCUT2D eigenvalue weighted by molar-refractivity contribution is 0.616. The molecule has 0 radical (unpaired) electrons. The molecular formula is C13H19N5. The van der Waals surface area contributed by atoms with Crippen LogP contribution in [0.2, 0.25) is 0 Å². The first-order chi connectivity index (χ1) is 8.78. The topological polar surface area (TPSA) is 55.6 Å². The molecule has 0 bridgehead atoms. The molecule has 96 valence electrons. The summed E-state index contributed by atoms with van der Waals surface area (Å²) in [7, 11) is 0. The molecule has 5 heteroatoms. The van der Waals surface area contributed by atoms with Crippen LogP contribution in [0.15, 0.2) is 31.1 Å². The van der Waals surface area contributed by atoms with Crippen molar-refractivity contribution < 1.29 is 0 Å². The highest BCUT2D eigenvalue weighted by Gasteiger charge is 2.04. The molecule has 18 heavy (non-hydrogen) atoms. The molecule has 1 unspecified atom stereocenters. The highest BCUT2D eigenvalue weighted by atomic mass is 15.1. The van der Waals surface area contributed by atoms with Crippen LogP contribution in [0.1, 0.15) is 26.0 Å². The summed E-state index contributed by atoms with van der Waals surface area (Å²) in [6.45, 7) is 5.14. The van der Waals surface area contributed by atoms with E-state index in [1.165, 1.54) is 0 Å². The molecule has 0 saturated heterocycles. The molecule has 0 aromatic carbocycles.